The number of phenols is 1. The number of hydrogen-bond donors (Lipinski definition) is 4. The van der Waals surface area contributed by atoms with Gasteiger partial charge in [-0.05, 0) is 30.3 Å². The number of aliphatic imine (C=N–C) groups is 1. The van der Waals surface area contributed by atoms with Crippen molar-refractivity contribution in [3.63, 3.8) is 0 Å². The number of amides is 1. The average molecular weight is 540 g/mol. The molecule has 0 atom stereocenters. The second-order valence-corrected chi connectivity index (χ2v) is 7.97. The van der Waals surface area contributed by atoms with Crippen LogP contribution in [0.2, 0.25) is 5.02 Å². The van der Waals surface area contributed by atoms with Crippen LogP contribution in [0, 0.1) is 11.6 Å². The Hall–Kier alpha value is -4.46. The standard InChI is InChI=1S/C22H15ClF5N7O2/c1-35-9-13(19(34-35)22(26,27)28)20(37)31-21(29-16-5-2-10(23)6-15(16)25)30-18-8-17(32-33-18)12-4-3-11(36)7-14(12)24/h2-9,36H,1H3,(H3,29,30,31,32,33,37). The fraction of sp³-hybridized carbons (Fsp3) is 0.0909. The summed E-state index contributed by atoms with van der Waals surface area (Å²) < 4.78 is 69.4. The van der Waals surface area contributed by atoms with Crippen molar-refractivity contribution in [2.75, 3.05) is 5.32 Å². The Morgan fingerprint density at radius 1 is 1.14 bits per heavy atom. The normalized spacial score (nSPS) is 12.0. The number of rotatable bonds is 4. The third-order valence-corrected chi connectivity index (χ3v) is 5.03. The van der Waals surface area contributed by atoms with E-state index in [-0.39, 0.29) is 33.5 Å². The number of H-pyrrole nitrogens is 1. The largest absolute Gasteiger partial charge is 0.508 e. The van der Waals surface area contributed by atoms with Gasteiger partial charge in [0.1, 0.15) is 17.4 Å². The lowest BCUT2D eigenvalue weighted by molar-refractivity contribution is -0.141. The molecule has 0 aliphatic heterocycles. The molecule has 9 nitrogen and oxygen atoms in total. The Labute approximate surface area is 209 Å². The molecule has 2 aromatic heterocycles. The van der Waals surface area contributed by atoms with Crippen LogP contribution in [0.1, 0.15) is 16.1 Å². The summed E-state index contributed by atoms with van der Waals surface area (Å²) in [5.74, 6) is -3.83. The predicted molar refractivity (Wildman–Crippen MR) is 123 cm³/mol. The van der Waals surface area contributed by atoms with E-state index in [9.17, 15) is 31.9 Å². The maximum absolute atomic E-state index is 14.4. The van der Waals surface area contributed by atoms with Gasteiger partial charge in [-0.25, -0.2) is 8.78 Å². The molecule has 0 saturated carbocycles. The van der Waals surface area contributed by atoms with Crippen molar-refractivity contribution in [3.8, 4) is 17.0 Å². The van der Waals surface area contributed by atoms with E-state index in [1.807, 2.05) is 0 Å². The molecule has 0 aliphatic rings. The Bertz CT molecular complexity index is 1510. The lowest BCUT2D eigenvalue weighted by Gasteiger charge is -2.12. The van der Waals surface area contributed by atoms with Gasteiger partial charge in [0, 0.05) is 36.0 Å². The molecule has 0 spiro atoms. The highest BCUT2D eigenvalue weighted by Crippen LogP contribution is 2.31. The molecular weight excluding hydrogens is 525 g/mol. The zero-order valence-corrected chi connectivity index (χ0v) is 19.3. The number of benzene rings is 2. The molecule has 0 unspecified atom stereocenters. The minimum Gasteiger partial charge on any atom is -0.508 e. The zero-order chi connectivity index (χ0) is 26.9. The molecule has 192 valence electrons. The first-order chi connectivity index (χ1) is 17.4. The van der Waals surface area contributed by atoms with Crippen molar-refractivity contribution in [1.82, 2.24) is 25.3 Å². The van der Waals surface area contributed by atoms with E-state index in [0.29, 0.717) is 0 Å². The number of guanidine groups is 1. The van der Waals surface area contributed by atoms with Gasteiger partial charge in [0.15, 0.2) is 11.5 Å². The predicted octanol–water partition coefficient (Wildman–Crippen LogP) is 5.00. The summed E-state index contributed by atoms with van der Waals surface area (Å²) in [5, 5.41) is 23.7. The number of nitrogens with zero attached hydrogens (tertiary/aromatic N) is 4. The third kappa shape index (κ3) is 5.86. The topological polar surface area (TPSA) is 120 Å². The van der Waals surface area contributed by atoms with Gasteiger partial charge in [-0.2, -0.15) is 28.4 Å². The highest BCUT2D eigenvalue weighted by Gasteiger charge is 2.39. The summed E-state index contributed by atoms with van der Waals surface area (Å²) in [5.41, 5.74) is -2.30. The second-order valence-electron chi connectivity index (χ2n) is 7.53. The van der Waals surface area contributed by atoms with Gasteiger partial charge in [0.05, 0.1) is 16.9 Å². The van der Waals surface area contributed by atoms with E-state index in [4.69, 9.17) is 11.6 Å². The molecule has 15 heteroatoms. The summed E-state index contributed by atoms with van der Waals surface area (Å²) in [6.07, 6.45) is -4.06. The molecule has 0 saturated heterocycles. The minimum atomic E-state index is -4.92. The van der Waals surface area contributed by atoms with E-state index in [0.717, 1.165) is 23.0 Å². The maximum atomic E-state index is 14.4. The van der Waals surface area contributed by atoms with Gasteiger partial charge in [-0.1, -0.05) is 11.6 Å². The van der Waals surface area contributed by atoms with E-state index in [1.54, 1.807) is 0 Å². The molecule has 0 radical (unpaired) electrons. The first-order valence-corrected chi connectivity index (χ1v) is 10.6. The van der Waals surface area contributed by atoms with Gasteiger partial charge in [-0.15, -0.1) is 0 Å². The number of aromatic amines is 1. The SMILES string of the molecule is Cn1cc(C(=O)NC(=Nc2cc(-c3ccc(O)cc3F)[nH]n2)Nc2ccc(Cl)cc2F)c(C(F)(F)F)n1. The average Bonchev–Trinajstić information content (AvgIpc) is 3.42. The highest BCUT2D eigenvalue weighted by molar-refractivity contribution is 6.30. The van der Waals surface area contributed by atoms with Crippen molar-refractivity contribution < 1.29 is 31.9 Å². The zero-order valence-electron chi connectivity index (χ0n) is 18.5. The smallest absolute Gasteiger partial charge is 0.435 e. The summed E-state index contributed by atoms with van der Waals surface area (Å²) in [4.78, 5) is 16.8. The van der Waals surface area contributed by atoms with Crippen LogP contribution in [-0.2, 0) is 13.2 Å². The molecule has 1 amide bonds. The maximum Gasteiger partial charge on any atom is 0.435 e. The van der Waals surface area contributed by atoms with Crippen LogP contribution in [0.3, 0.4) is 0 Å². The molecule has 4 N–H and O–H groups in total. The van der Waals surface area contributed by atoms with Crippen molar-refractivity contribution >= 4 is 35.0 Å². The number of carbonyl (C=O) groups is 1. The van der Waals surface area contributed by atoms with Crippen molar-refractivity contribution in [3.05, 3.63) is 76.6 Å². The van der Waals surface area contributed by atoms with Crippen LogP contribution in [-0.4, -0.2) is 37.0 Å². The summed E-state index contributed by atoms with van der Waals surface area (Å²) in [7, 11) is 1.20. The number of halogens is 6. The fourth-order valence-corrected chi connectivity index (χ4v) is 3.35. The molecule has 2 heterocycles. The van der Waals surface area contributed by atoms with Crippen LogP contribution >= 0.6 is 11.6 Å². The first-order valence-electron chi connectivity index (χ1n) is 10.2. The molecule has 0 bridgehead atoms. The van der Waals surface area contributed by atoms with Crippen LogP contribution in [0.25, 0.3) is 11.3 Å². The number of carbonyl (C=O) groups excluding carboxylic acids is 1. The second kappa shape index (κ2) is 9.89. The van der Waals surface area contributed by atoms with E-state index < -0.39 is 40.9 Å². The van der Waals surface area contributed by atoms with Gasteiger partial charge < -0.3 is 10.4 Å². The Morgan fingerprint density at radius 3 is 2.57 bits per heavy atom. The van der Waals surface area contributed by atoms with E-state index in [2.05, 4.69) is 30.9 Å². The fourth-order valence-electron chi connectivity index (χ4n) is 3.19. The van der Waals surface area contributed by atoms with Crippen LogP contribution < -0.4 is 10.6 Å². The number of aromatic nitrogens is 4. The van der Waals surface area contributed by atoms with Crippen molar-refractivity contribution in [1.29, 1.82) is 0 Å². The molecule has 0 aliphatic carbocycles. The summed E-state index contributed by atoms with van der Waals surface area (Å²) in [6, 6.07) is 8.16. The van der Waals surface area contributed by atoms with Crippen LogP contribution in [0.15, 0.2) is 53.7 Å². The summed E-state index contributed by atoms with van der Waals surface area (Å²) in [6.45, 7) is 0. The summed E-state index contributed by atoms with van der Waals surface area (Å²) >= 11 is 5.75. The van der Waals surface area contributed by atoms with Gasteiger partial charge in [0.2, 0.25) is 5.96 Å². The van der Waals surface area contributed by atoms with Crippen LogP contribution in [0.5, 0.6) is 5.75 Å². The number of phenolic OH excluding ortho intramolecular Hbond substituents is 1. The molecule has 37 heavy (non-hydrogen) atoms. The number of aryl methyl sites for hydroxylation is 1. The first kappa shape index (κ1) is 25.6. The number of aromatic hydroxyl groups is 1. The number of alkyl halides is 3. The quantitative estimate of drug-likeness (QED) is 0.165. The van der Waals surface area contributed by atoms with Crippen molar-refractivity contribution in [2.24, 2.45) is 12.0 Å². The van der Waals surface area contributed by atoms with Crippen LogP contribution in [0.4, 0.5) is 33.5 Å². The molecular formula is C22H15ClF5N7O2. The minimum absolute atomic E-state index is 0.0271. The molecule has 4 aromatic rings. The van der Waals surface area contributed by atoms with Gasteiger partial charge in [0.25, 0.3) is 5.91 Å². The number of anilines is 1. The lowest BCUT2D eigenvalue weighted by atomic mass is 10.1. The van der Waals surface area contributed by atoms with E-state index in [1.165, 1.54) is 37.4 Å². The van der Waals surface area contributed by atoms with E-state index >= 15 is 0 Å². The Kier molecular flexibility index (Phi) is 6.85. The van der Waals surface area contributed by atoms with Gasteiger partial charge >= 0.3 is 6.18 Å². The number of hydrogen-bond acceptors (Lipinski definition) is 5. The monoisotopic (exact) mass is 539 g/mol. The molecule has 4 rings (SSSR count). The molecule has 0 fully saturated rings. The lowest BCUT2D eigenvalue weighted by Crippen LogP contribution is -2.36. The van der Waals surface area contributed by atoms with Crippen molar-refractivity contribution in [2.45, 2.75) is 6.18 Å². The molecule has 2 aromatic carbocycles. The Morgan fingerprint density at radius 2 is 1.89 bits per heavy atom. The highest BCUT2D eigenvalue weighted by atomic mass is 35.5. The third-order valence-electron chi connectivity index (χ3n) is 4.79. The Balaban J connectivity index is 1.70. The number of nitrogens with one attached hydrogen (secondary N) is 3. The van der Waals surface area contributed by atoms with Gasteiger partial charge in [-0.3, -0.25) is 19.9 Å².